The normalized spacial score (nSPS) is 11.8. The van der Waals surface area contributed by atoms with E-state index in [1.54, 1.807) is 12.4 Å². The molecule has 0 unspecified atom stereocenters. The predicted octanol–water partition coefficient (Wildman–Crippen LogP) is 1.56. The number of nitrogens with two attached hydrogens (primary N) is 1. The van der Waals surface area contributed by atoms with Crippen molar-refractivity contribution in [2.24, 2.45) is 5.73 Å². The first-order valence-corrected chi connectivity index (χ1v) is 6.22. The van der Waals surface area contributed by atoms with Crippen molar-refractivity contribution in [3.8, 4) is 0 Å². The number of carbonyl (C=O) groups is 1. The summed E-state index contributed by atoms with van der Waals surface area (Å²) in [7, 11) is 0. The van der Waals surface area contributed by atoms with Crippen molar-refractivity contribution in [2.75, 3.05) is 5.32 Å². The Hall–Kier alpha value is -2.47. The molecule has 0 saturated carbocycles. The molecule has 6 nitrogen and oxygen atoms in total. The zero-order valence-corrected chi connectivity index (χ0v) is 10.9. The van der Waals surface area contributed by atoms with Crippen molar-refractivity contribution in [3.05, 3.63) is 53.9 Å². The Labute approximate surface area is 116 Å². The van der Waals surface area contributed by atoms with Crippen LogP contribution in [0.4, 0.5) is 5.95 Å². The molecular formula is C14H16N4O2. The van der Waals surface area contributed by atoms with Crippen LogP contribution in [0.3, 0.4) is 0 Å². The number of benzene rings is 1. The van der Waals surface area contributed by atoms with E-state index in [0.29, 0.717) is 18.1 Å². The fraction of sp³-hybridized carbons (Fsp3) is 0.214. The highest BCUT2D eigenvalue weighted by Crippen LogP contribution is 2.13. The molecule has 0 spiro atoms. The second-order valence-corrected chi connectivity index (χ2v) is 4.38. The van der Waals surface area contributed by atoms with Gasteiger partial charge in [0.1, 0.15) is 0 Å². The van der Waals surface area contributed by atoms with Gasteiger partial charge in [-0.25, -0.2) is 9.97 Å². The smallest absolute Gasteiger partial charge is 0.305 e. The Kier molecular flexibility index (Phi) is 4.62. The molecule has 0 saturated heterocycles. The van der Waals surface area contributed by atoms with Gasteiger partial charge in [0.25, 0.3) is 0 Å². The summed E-state index contributed by atoms with van der Waals surface area (Å²) in [4.78, 5) is 18.8. The molecule has 0 bridgehead atoms. The molecule has 1 heterocycles. The lowest BCUT2D eigenvalue weighted by Gasteiger charge is -2.09. The average Bonchev–Trinajstić information content (AvgIpc) is 2.46. The van der Waals surface area contributed by atoms with Crippen LogP contribution < -0.4 is 11.1 Å². The van der Waals surface area contributed by atoms with Gasteiger partial charge in [-0.05, 0) is 5.56 Å². The van der Waals surface area contributed by atoms with E-state index in [-0.39, 0.29) is 6.42 Å². The molecule has 0 amide bonds. The Morgan fingerprint density at radius 1 is 1.25 bits per heavy atom. The van der Waals surface area contributed by atoms with E-state index in [2.05, 4.69) is 15.3 Å². The summed E-state index contributed by atoms with van der Waals surface area (Å²) >= 11 is 0. The van der Waals surface area contributed by atoms with E-state index in [1.165, 1.54) is 0 Å². The lowest BCUT2D eigenvalue weighted by molar-refractivity contribution is -0.137. The quantitative estimate of drug-likeness (QED) is 0.737. The van der Waals surface area contributed by atoms with E-state index >= 15 is 0 Å². The van der Waals surface area contributed by atoms with Gasteiger partial charge in [0.05, 0.1) is 6.42 Å². The summed E-state index contributed by atoms with van der Waals surface area (Å²) in [6, 6.07) is 9.31. The number of carboxylic acid groups (broad SMARTS) is 1. The molecule has 104 valence electrons. The second kappa shape index (κ2) is 6.63. The summed E-state index contributed by atoms with van der Waals surface area (Å²) in [5.41, 5.74) is 7.47. The summed E-state index contributed by atoms with van der Waals surface area (Å²) in [6.45, 7) is 0.626. The monoisotopic (exact) mass is 272 g/mol. The highest BCUT2D eigenvalue weighted by atomic mass is 16.4. The zero-order valence-electron chi connectivity index (χ0n) is 10.9. The average molecular weight is 272 g/mol. The Morgan fingerprint density at radius 2 is 1.90 bits per heavy atom. The molecule has 20 heavy (non-hydrogen) atoms. The maximum atomic E-state index is 10.6. The van der Waals surface area contributed by atoms with E-state index in [9.17, 15) is 4.79 Å². The molecule has 2 aromatic rings. The predicted molar refractivity (Wildman–Crippen MR) is 75.0 cm³/mol. The minimum atomic E-state index is -0.941. The number of anilines is 1. The molecule has 4 N–H and O–H groups in total. The van der Waals surface area contributed by atoms with E-state index in [1.807, 2.05) is 30.3 Å². The molecule has 0 radical (unpaired) electrons. The molecule has 1 aromatic carbocycles. The largest absolute Gasteiger partial charge is 0.481 e. The molecule has 0 fully saturated rings. The van der Waals surface area contributed by atoms with Crippen LogP contribution >= 0.6 is 0 Å². The van der Waals surface area contributed by atoms with Crippen molar-refractivity contribution in [2.45, 2.75) is 19.0 Å². The first kappa shape index (κ1) is 14.0. The summed E-state index contributed by atoms with van der Waals surface area (Å²) in [5, 5.41) is 11.8. The van der Waals surface area contributed by atoms with Gasteiger partial charge in [0.15, 0.2) is 0 Å². The van der Waals surface area contributed by atoms with E-state index in [4.69, 9.17) is 10.8 Å². The highest BCUT2D eigenvalue weighted by molar-refractivity contribution is 5.67. The van der Waals surface area contributed by atoms with Crippen LogP contribution in [0.2, 0.25) is 0 Å². The first-order chi connectivity index (χ1) is 9.65. The minimum absolute atomic E-state index is 0.139. The highest BCUT2D eigenvalue weighted by Gasteiger charge is 2.11. The first-order valence-electron chi connectivity index (χ1n) is 6.22. The minimum Gasteiger partial charge on any atom is -0.481 e. The van der Waals surface area contributed by atoms with Crippen LogP contribution in [0, 0.1) is 0 Å². The van der Waals surface area contributed by atoms with Crippen molar-refractivity contribution in [1.29, 1.82) is 0 Å². The van der Waals surface area contributed by atoms with Gasteiger partial charge in [-0.1, -0.05) is 30.3 Å². The van der Waals surface area contributed by atoms with Gasteiger partial charge in [0, 0.05) is 30.5 Å². The maximum absolute atomic E-state index is 10.6. The zero-order chi connectivity index (χ0) is 14.4. The van der Waals surface area contributed by atoms with Gasteiger partial charge >= 0.3 is 5.97 Å². The number of nitrogens with zero attached hydrogens (tertiary/aromatic N) is 2. The number of aliphatic carboxylic acids is 1. The van der Waals surface area contributed by atoms with Gasteiger partial charge in [0.2, 0.25) is 5.95 Å². The maximum Gasteiger partial charge on any atom is 0.305 e. The number of nitrogens with one attached hydrogen (secondary N) is 1. The third-order valence-corrected chi connectivity index (χ3v) is 2.79. The molecule has 0 aliphatic carbocycles. The third kappa shape index (κ3) is 4.03. The van der Waals surface area contributed by atoms with E-state index < -0.39 is 12.0 Å². The van der Waals surface area contributed by atoms with E-state index in [0.717, 1.165) is 5.56 Å². The van der Waals surface area contributed by atoms with Gasteiger partial charge < -0.3 is 16.2 Å². The van der Waals surface area contributed by atoms with Crippen LogP contribution in [0.25, 0.3) is 0 Å². The molecule has 1 aromatic heterocycles. The Morgan fingerprint density at radius 3 is 2.50 bits per heavy atom. The number of hydrogen-bond acceptors (Lipinski definition) is 5. The SMILES string of the molecule is N[C@H](CC(=O)O)c1cnc(NCc2ccccc2)nc1. The third-order valence-electron chi connectivity index (χ3n) is 2.79. The van der Waals surface area contributed by atoms with Crippen LogP contribution in [-0.4, -0.2) is 21.0 Å². The number of hydrogen-bond donors (Lipinski definition) is 3. The van der Waals surface area contributed by atoms with Crippen molar-refractivity contribution in [1.82, 2.24) is 9.97 Å². The topological polar surface area (TPSA) is 101 Å². The van der Waals surface area contributed by atoms with Crippen LogP contribution in [0.15, 0.2) is 42.7 Å². The van der Waals surface area contributed by atoms with Gasteiger partial charge in [-0.2, -0.15) is 0 Å². The Bertz CT molecular complexity index is 557. The van der Waals surface area contributed by atoms with Crippen molar-refractivity contribution < 1.29 is 9.90 Å². The fourth-order valence-corrected chi connectivity index (χ4v) is 1.70. The second-order valence-electron chi connectivity index (χ2n) is 4.38. The fourth-order valence-electron chi connectivity index (χ4n) is 1.70. The Balaban J connectivity index is 1.93. The van der Waals surface area contributed by atoms with Crippen LogP contribution in [0.1, 0.15) is 23.6 Å². The molecule has 0 aliphatic rings. The molecule has 1 atom stereocenters. The lowest BCUT2D eigenvalue weighted by Crippen LogP contribution is -2.16. The summed E-state index contributed by atoms with van der Waals surface area (Å²) in [5.74, 6) is -0.455. The van der Waals surface area contributed by atoms with Crippen LogP contribution in [0.5, 0.6) is 0 Å². The standard InChI is InChI=1S/C14H16N4O2/c15-12(6-13(19)20)11-8-17-14(18-9-11)16-7-10-4-2-1-3-5-10/h1-5,8-9,12H,6-7,15H2,(H,19,20)(H,16,17,18)/t12-/m1/s1. The lowest BCUT2D eigenvalue weighted by atomic mass is 10.1. The number of rotatable bonds is 6. The molecule has 2 rings (SSSR count). The van der Waals surface area contributed by atoms with Gasteiger partial charge in [-0.15, -0.1) is 0 Å². The molecular weight excluding hydrogens is 256 g/mol. The van der Waals surface area contributed by atoms with Gasteiger partial charge in [-0.3, -0.25) is 4.79 Å². The summed E-state index contributed by atoms with van der Waals surface area (Å²) < 4.78 is 0. The van der Waals surface area contributed by atoms with Crippen molar-refractivity contribution >= 4 is 11.9 Å². The van der Waals surface area contributed by atoms with Crippen LogP contribution in [-0.2, 0) is 11.3 Å². The van der Waals surface area contributed by atoms with Crippen molar-refractivity contribution in [3.63, 3.8) is 0 Å². The molecule has 6 heteroatoms. The number of aromatic nitrogens is 2. The summed E-state index contributed by atoms with van der Waals surface area (Å²) in [6.07, 6.45) is 2.96. The number of carboxylic acids is 1. The molecule has 0 aliphatic heterocycles.